The number of para-hydroxylation sites is 1. The van der Waals surface area contributed by atoms with Gasteiger partial charge in [-0.25, -0.2) is 9.37 Å². The second-order valence-corrected chi connectivity index (χ2v) is 8.06. The van der Waals surface area contributed by atoms with E-state index in [1.807, 2.05) is 13.0 Å². The molecule has 1 aromatic heterocycles. The predicted molar refractivity (Wildman–Crippen MR) is 110 cm³/mol. The lowest BCUT2D eigenvalue weighted by molar-refractivity contribution is -0.115. The van der Waals surface area contributed by atoms with E-state index >= 15 is 0 Å². The van der Waals surface area contributed by atoms with Gasteiger partial charge in [-0.05, 0) is 44.2 Å². The molecule has 1 heterocycles. The van der Waals surface area contributed by atoms with Crippen molar-refractivity contribution in [2.75, 3.05) is 5.32 Å². The summed E-state index contributed by atoms with van der Waals surface area (Å²) >= 11 is 4.53. The number of fused-ring (bicyclic) bond motifs is 1. The minimum absolute atomic E-state index is 0.124. The molecule has 0 aliphatic carbocycles. The maximum atomic E-state index is 13.7. The van der Waals surface area contributed by atoms with Crippen molar-refractivity contribution < 1.29 is 9.18 Å². The number of rotatable bonds is 5. The lowest BCUT2D eigenvalue weighted by Crippen LogP contribution is -2.27. The number of nitrogens with one attached hydrogen (secondary N) is 1. The van der Waals surface area contributed by atoms with Gasteiger partial charge in [0.25, 0.3) is 5.56 Å². The smallest absolute Gasteiger partial charge is 0.262 e. The summed E-state index contributed by atoms with van der Waals surface area (Å²) in [4.78, 5) is 29.7. The topological polar surface area (TPSA) is 64.0 Å². The number of carbonyl (C=O) groups is 1. The van der Waals surface area contributed by atoms with Crippen molar-refractivity contribution >= 4 is 50.2 Å². The largest absolute Gasteiger partial charge is 0.323 e. The van der Waals surface area contributed by atoms with E-state index < -0.39 is 11.1 Å². The van der Waals surface area contributed by atoms with Crippen molar-refractivity contribution in [2.45, 2.75) is 30.8 Å². The highest BCUT2D eigenvalue weighted by atomic mass is 79.9. The minimum atomic E-state index is -0.567. The number of nitrogens with zero attached hydrogens (tertiary/aromatic N) is 2. The average Bonchev–Trinajstić information content (AvgIpc) is 2.64. The maximum absolute atomic E-state index is 13.7. The monoisotopic (exact) mass is 449 g/mol. The minimum Gasteiger partial charge on any atom is -0.323 e. The van der Waals surface area contributed by atoms with E-state index in [9.17, 15) is 14.0 Å². The van der Waals surface area contributed by atoms with Crippen LogP contribution in [0.25, 0.3) is 10.9 Å². The number of anilines is 1. The molecule has 0 saturated heterocycles. The first-order chi connectivity index (χ1) is 12.9. The normalized spacial score (nSPS) is 12.1. The summed E-state index contributed by atoms with van der Waals surface area (Å²) in [6, 6.07) is 11.3. The Hall–Kier alpha value is -2.19. The van der Waals surface area contributed by atoms with Crippen LogP contribution in [0, 0.1) is 5.82 Å². The van der Waals surface area contributed by atoms with Crippen LogP contribution in [0.4, 0.5) is 10.1 Å². The number of benzene rings is 2. The first-order valence-electron chi connectivity index (χ1n) is 8.33. The summed E-state index contributed by atoms with van der Waals surface area (Å²) in [6.45, 7) is 3.97. The maximum Gasteiger partial charge on any atom is 0.262 e. The first kappa shape index (κ1) is 19.6. The van der Waals surface area contributed by atoms with E-state index in [0.29, 0.717) is 22.6 Å². The zero-order valence-electron chi connectivity index (χ0n) is 14.7. The van der Waals surface area contributed by atoms with Crippen LogP contribution in [0.2, 0.25) is 0 Å². The van der Waals surface area contributed by atoms with E-state index in [4.69, 9.17) is 0 Å². The molecule has 1 atom stereocenters. The fourth-order valence-corrected chi connectivity index (χ4v) is 3.88. The fourth-order valence-electron chi connectivity index (χ4n) is 2.55. The number of halogens is 2. The number of thioether (sulfide) groups is 1. The molecule has 0 fully saturated rings. The van der Waals surface area contributed by atoms with E-state index in [1.54, 1.807) is 31.2 Å². The van der Waals surface area contributed by atoms with Gasteiger partial charge in [-0.1, -0.05) is 39.8 Å². The highest BCUT2D eigenvalue weighted by Crippen LogP contribution is 2.25. The molecule has 5 nitrogen and oxygen atoms in total. The summed E-state index contributed by atoms with van der Waals surface area (Å²) in [7, 11) is 0. The average molecular weight is 450 g/mol. The Morgan fingerprint density at radius 3 is 2.78 bits per heavy atom. The van der Waals surface area contributed by atoms with Crippen molar-refractivity contribution in [3.63, 3.8) is 0 Å². The molecule has 3 rings (SSSR count). The molecule has 0 radical (unpaired) electrons. The van der Waals surface area contributed by atoms with Crippen LogP contribution in [0.1, 0.15) is 13.8 Å². The molecule has 1 amide bonds. The molecule has 0 aliphatic rings. The van der Waals surface area contributed by atoms with Gasteiger partial charge in [-0.15, -0.1) is 0 Å². The van der Waals surface area contributed by atoms with Gasteiger partial charge in [0.05, 0.1) is 21.8 Å². The van der Waals surface area contributed by atoms with E-state index in [1.165, 1.54) is 28.5 Å². The van der Waals surface area contributed by atoms with E-state index in [0.717, 1.165) is 4.47 Å². The number of aromatic nitrogens is 2. The molecule has 0 spiro atoms. The van der Waals surface area contributed by atoms with E-state index in [2.05, 4.69) is 26.2 Å². The van der Waals surface area contributed by atoms with Gasteiger partial charge in [0.15, 0.2) is 5.16 Å². The van der Waals surface area contributed by atoms with Gasteiger partial charge in [0.1, 0.15) is 5.82 Å². The Morgan fingerprint density at radius 2 is 2.07 bits per heavy atom. The highest BCUT2D eigenvalue weighted by Gasteiger charge is 2.20. The Kier molecular flexibility index (Phi) is 5.96. The Balaban J connectivity index is 1.89. The quantitative estimate of drug-likeness (QED) is 0.461. The molecule has 8 heteroatoms. The van der Waals surface area contributed by atoms with Crippen LogP contribution in [-0.4, -0.2) is 20.7 Å². The second kappa shape index (κ2) is 8.22. The lowest BCUT2D eigenvalue weighted by Gasteiger charge is -2.15. The number of carbonyl (C=O) groups excluding carboxylic acids is 1. The first-order valence-corrected chi connectivity index (χ1v) is 10.00. The van der Waals surface area contributed by atoms with Gasteiger partial charge in [0, 0.05) is 11.0 Å². The molecular formula is C19H17BrFN3O2S. The lowest BCUT2D eigenvalue weighted by atomic mass is 10.2. The Bertz CT molecular complexity index is 1070. The van der Waals surface area contributed by atoms with Crippen molar-refractivity contribution in [3.8, 4) is 0 Å². The van der Waals surface area contributed by atoms with Crippen molar-refractivity contribution in [1.29, 1.82) is 0 Å². The summed E-state index contributed by atoms with van der Waals surface area (Å²) in [5.41, 5.74) is 0.532. The van der Waals surface area contributed by atoms with Crippen LogP contribution in [-0.2, 0) is 11.3 Å². The summed E-state index contributed by atoms with van der Waals surface area (Å²) in [6.07, 6.45) is 0. The predicted octanol–water partition coefficient (Wildman–Crippen LogP) is 4.44. The third kappa shape index (κ3) is 4.22. The van der Waals surface area contributed by atoms with Crippen molar-refractivity contribution in [2.24, 2.45) is 0 Å². The summed E-state index contributed by atoms with van der Waals surface area (Å²) in [5.74, 6) is -0.860. The zero-order chi connectivity index (χ0) is 19.6. The standard InChI is InChI=1S/C19H17BrFN3O2S/c1-3-24-18(26)13-10-12(20)8-9-15(13)23-19(24)27-11(2)17(25)22-16-7-5-4-6-14(16)21/h4-11H,3H2,1-2H3,(H,22,25). The second-order valence-electron chi connectivity index (χ2n) is 5.83. The molecule has 0 saturated carbocycles. The summed E-state index contributed by atoms with van der Waals surface area (Å²) in [5, 5.41) is 2.97. The Morgan fingerprint density at radius 1 is 1.33 bits per heavy atom. The SMILES string of the molecule is CCn1c(SC(C)C(=O)Nc2ccccc2F)nc2ccc(Br)cc2c1=O. The molecule has 140 valence electrons. The third-order valence-corrected chi connectivity index (χ3v) is 5.56. The van der Waals surface area contributed by atoms with Crippen LogP contribution in [0.3, 0.4) is 0 Å². The number of amides is 1. The molecule has 0 aliphatic heterocycles. The molecule has 1 unspecified atom stereocenters. The third-order valence-electron chi connectivity index (χ3n) is 3.98. The fraction of sp³-hybridized carbons (Fsp3) is 0.211. The van der Waals surface area contributed by atoms with Gasteiger partial charge in [-0.2, -0.15) is 0 Å². The zero-order valence-corrected chi connectivity index (χ0v) is 17.1. The van der Waals surface area contributed by atoms with Crippen LogP contribution >= 0.6 is 27.7 Å². The number of hydrogen-bond donors (Lipinski definition) is 1. The highest BCUT2D eigenvalue weighted by molar-refractivity contribution is 9.10. The summed E-state index contributed by atoms with van der Waals surface area (Å²) < 4.78 is 16.1. The van der Waals surface area contributed by atoms with Gasteiger partial charge in [-0.3, -0.25) is 14.2 Å². The van der Waals surface area contributed by atoms with Crippen LogP contribution in [0.15, 0.2) is 56.9 Å². The van der Waals surface area contributed by atoms with Crippen molar-refractivity contribution in [1.82, 2.24) is 9.55 Å². The number of hydrogen-bond acceptors (Lipinski definition) is 4. The van der Waals surface area contributed by atoms with Gasteiger partial charge in [0.2, 0.25) is 5.91 Å². The van der Waals surface area contributed by atoms with Gasteiger partial charge < -0.3 is 5.32 Å². The van der Waals surface area contributed by atoms with Crippen LogP contribution in [0.5, 0.6) is 0 Å². The molecule has 1 N–H and O–H groups in total. The van der Waals surface area contributed by atoms with E-state index in [-0.39, 0.29) is 17.2 Å². The van der Waals surface area contributed by atoms with Gasteiger partial charge >= 0.3 is 0 Å². The molecule has 3 aromatic rings. The Labute approximate surface area is 168 Å². The molecule has 27 heavy (non-hydrogen) atoms. The molecular weight excluding hydrogens is 433 g/mol. The van der Waals surface area contributed by atoms with Crippen molar-refractivity contribution in [3.05, 3.63) is 63.1 Å². The molecule has 2 aromatic carbocycles. The van der Waals surface area contributed by atoms with Crippen LogP contribution < -0.4 is 10.9 Å². The molecule has 0 bridgehead atoms.